The van der Waals surface area contributed by atoms with Crippen molar-refractivity contribution >= 4 is 17.5 Å². The highest BCUT2D eigenvalue weighted by molar-refractivity contribution is 6.04. The van der Waals surface area contributed by atoms with Crippen molar-refractivity contribution < 1.29 is 9.59 Å². The molecule has 3 N–H and O–H groups in total. The van der Waals surface area contributed by atoms with Crippen LogP contribution >= 0.6 is 0 Å². The van der Waals surface area contributed by atoms with E-state index in [-0.39, 0.29) is 11.8 Å². The maximum atomic E-state index is 12.2. The monoisotopic (exact) mass is 282 g/mol. The summed E-state index contributed by atoms with van der Waals surface area (Å²) in [5.41, 5.74) is 3.57. The topological polar surface area (TPSA) is 86.9 Å². The molecule has 21 heavy (non-hydrogen) atoms. The zero-order valence-electron chi connectivity index (χ0n) is 11.3. The van der Waals surface area contributed by atoms with Gasteiger partial charge in [0.25, 0.3) is 11.8 Å². The molecule has 106 valence electrons. The summed E-state index contributed by atoms with van der Waals surface area (Å²) in [4.78, 5) is 23.8. The van der Waals surface area contributed by atoms with E-state index >= 15 is 0 Å². The van der Waals surface area contributed by atoms with E-state index in [4.69, 9.17) is 0 Å². The largest absolute Gasteiger partial charge is 0.348 e. The smallest absolute Gasteiger partial charge is 0.276 e. The number of nitrogens with zero attached hydrogens (tertiary/aromatic N) is 1. The fraction of sp³-hybridized carbons (Fsp3) is 0.267. The third-order valence-electron chi connectivity index (χ3n) is 3.90. The quantitative estimate of drug-likeness (QED) is 0.802. The van der Waals surface area contributed by atoms with Gasteiger partial charge >= 0.3 is 0 Å². The number of carbonyl (C=O) groups is 2. The number of nitrogens with one attached hydrogen (secondary N) is 3. The highest BCUT2D eigenvalue weighted by Crippen LogP contribution is 2.39. The van der Waals surface area contributed by atoms with Gasteiger partial charge in [0.15, 0.2) is 5.69 Å². The molecule has 6 nitrogen and oxygen atoms in total. The van der Waals surface area contributed by atoms with Gasteiger partial charge < -0.3 is 10.6 Å². The number of H-pyrrole nitrogens is 1. The van der Waals surface area contributed by atoms with Gasteiger partial charge in [-0.05, 0) is 36.6 Å². The predicted molar refractivity (Wildman–Crippen MR) is 76.1 cm³/mol. The van der Waals surface area contributed by atoms with E-state index in [1.165, 1.54) is 0 Å². The molecule has 1 aliphatic carbocycles. The number of aromatic nitrogens is 2. The number of anilines is 1. The molecule has 0 saturated heterocycles. The molecule has 1 fully saturated rings. The van der Waals surface area contributed by atoms with Crippen molar-refractivity contribution in [3.8, 4) is 0 Å². The Kier molecular flexibility index (Phi) is 2.57. The second-order valence-corrected chi connectivity index (χ2v) is 5.49. The number of aromatic amines is 1. The first-order valence-corrected chi connectivity index (χ1v) is 6.98. The van der Waals surface area contributed by atoms with Gasteiger partial charge in [-0.3, -0.25) is 14.7 Å². The summed E-state index contributed by atoms with van der Waals surface area (Å²) < 4.78 is 0. The molecule has 6 heteroatoms. The first-order chi connectivity index (χ1) is 10.2. The van der Waals surface area contributed by atoms with E-state index in [0.29, 0.717) is 29.4 Å². The molecule has 2 aliphatic rings. The Morgan fingerprint density at radius 3 is 2.95 bits per heavy atom. The fourth-order valence-electron chi connectivity index (χ4n) is 2.54. The predicted octanol–water partition coefficient (Wildman–Crippen LogP) is 1.78. The Labute approximate surface area is 120 Å². The van der Waals surface area contributed by atoms with Gasteiger partial charge in [-0.1, -0.05) is 6.07 Å². The van der Waals surface area contributed by atoms with E-state index in [1.807, 2.05) is 6.07 Å². The van der Waals surface area contributed by atoms with Crippen molar-refractivity contribution in [3.05, 3.63) is 46.8 Å². The van der Waals surface area contributed by atoms with Crippen molar-refractivity contribution in [1.29, 1.82) is 0 Å². The van der Waals surface area contributed by atoms with Crippen LogP contribution < -0.4 is 10.6 Å². The fourth-order valence-corrected chi connectivity index (χ4v) is 2.54. The van der Waals surface area contributed by atoms with E-state index < -0.39 is 0 Å². The second-order valence-electron chi connectivity index (χ2n) is 5.49. The van der Waals surface area contributed by atoms with Crippen molar-refractivity contribution in [2.75, 3.05) is 5.32 Å². The number of benzene rings is 1. The first-order valence-electron chi connectivity index (χ1n) is 6.98. The number of carbonyl (C=O) groups excluding carboxylic acids is 2. The Balaban J connectivity index is 1.53. The number of hydrogen-bond donors (Lipinski definition) is 3. The van der Waals surface area contributed by atoms with Crippen LogP contribution in [0.1, 0.15) is 50.9 Å². The molecular formula is C15H14N4O2. The lowest BCUT2D eigenvalue weighted by Crippen LogP contribution is -2.14. The van der Waals surface area contributed by atoms with E-state index in [0.717, 1.165) is 24.1 Å². The highest BCUT2D eigenvalue weighted by Gasteiger charge is 2.26. The van der Waals surface area contributed by atoms with Crippen molar-refractivity contribution in [2.45, 2.75) is 25.3 Å². The average Bonchev–Trinajstić information content (AvgIpc) is 3.10. The Hall–Kier alpha value is -2.63. The number of rotatable bonds is 3. The van der Waals surface area contributed by atoms with Crippen molar-refractivity contribution in [1.82, 2.24) is 15.5 Å². The molecule has 0 atom stereocenters. The lowest BCUT2D eigenvalue weighted by Gasteiger charge is -2.04. The molecule has 2 aromatic rings. The van der Waals surface area contributed by atoms with Crippen LogP contribution in [-0.4, -0.2) is 22.0 Å². The molecule has 1 aromatic heterocycles. The normalized spacial score (nSPS) is 16.5. The van der Waals surface area contributed by atoms with Crippen LogP contribution in [-0.2, 0) is 6.54 Å². The molecule has 0 spiro atoms. The van der Waals surface area contributed by atoms with Gasteiger partial charge in [0.2, 0.25) is 0 Å². The molecular weight excluding hydrogens is 268 g/mol. The van der Waals surface area contributed by atoms with Crippen LogP contribution in [0.5, 0.6) is 0 Å². The SMILES string of the molecule is O=C(Nc1ccc2c(c1)C(=O)NC2)c1cc(C2CC2)[nH]n1. The summed E-state index contributed by atoms with van der Waals surface area (Å²) in [6, 6.07) is 7.14. The minimum absolute atomic E-state index is 0.100. The molecule has 0 bridgehead atoms. The van der Waals surface area contributed by atoms with Crippen LogP contribution in [0.4, 0.5) is 5.69 Å². The van der Waals surface area contributed by atoms with Crippen LogP contribution in [0.3, 0.4) is 0 Å². The Morgan fingerprint density at radius 1 is 1.29 bits per heavy atom. The zero-order chi connectivity index (χ0) is 14.4. The zero-order valence-corrected chi connectivity index (χ0v) is 11.3. The molecule has 4 rings (SSSR count). The van der Waals surface area contributed by atoms with Crippen molar-refractivity contribution in [2.24, 2.45) is 0 Å². The van der Waals surface area contributed by atoms with Gasteiger partial charge in [-0.2, -0.15) is 5.10 Å². The van der Waals surface area contributed by atoms with Gasteiger partial charge in [0.05, 0.1) is 0 Å². The lowest BCUT2D eigenvalue weighted by molar-refractivity contribution is 0.0964. The first kappa shape index (κ1) is 12.1. The summed E-state index contributed by atoms with van der Waals surface area (Å²) in [6.45, 7) is 0.548. The number of amides is 2. The van der Waals surface area contributed by atoms with Crippen LogP contribution in [0.25, 0.3) is 0 Å². The maximum Gasteiger partial charge on any atom is 0.276 e. The summed E-state index contributed by atoms with van der Waals surface area (Å²) >= 11 is 0. The van der Waals surface area contributed by atoms with Crippen LogP contribution in [0, 0.1) is 0 Å². The van der Waals surface area contributed by atoms with Gasteiger partial charge in [0.1, 0.15) is 0 Å². The second kappa shape index (κ2) is 4.44. The van der Waals surface area contributed by atoms with Gasteiger partial charge in [-0.15, -0.1) is 0 Å². The number of fused-ring (bicyclic) bond motifs is 1. The molecule has 2 heterocycles. The Morgan fingerprint density at radius 2 is 2.14 bits per heavy atom. The highest BCUT2D eigenvalue weighted by atomic mass is 16.2. The molecule has 1 saturated carbocycles. The molecule has 1 aromatic carbocycles. The van der Waals surface area contributed by atoms with Crippen LogP contribution in [0.2, 0.25) is 0 Å². The summed E-state index contributed by atoms with van der Waals surface area (Å²) in [7, 11) is 0. The van der Waals surface area contributed by atoms with Crippen molar-refractivity contribution in [3.63, 3.8) is 0 Å². The molecule has 1 aliphatic heterocycles. The lowest BCUT2D eigenvalue weighted by atomic mass is 10.1. The third-order valence-corrected chi connectivity index (χ3v) is 3.90. The minimum Gasteiger partial charge on any atom is -0.348 e. The summed E-state index contributed by atoms with van der Waals surface area (Å²) in [6.07, 6.45) is 2.31. The van der Waals surface area contributed by atoms with E-state index in [9.17, 15) is 9.59 Å². The molecule has 2 amide bonds. The standard InChI is InChI=1S/C15H14N4O2/c20-14-11-5-10(4-3-9(11)7-16-14)17-15(21)13-6-12(18-19-13)8-1-2-8/h3-6,8H,1-2,7H2,(H,16,20)(H,17,21)(H,18,19). The molecule has 0 unspecified atom stereocenters. The molecule has 0 radical (unpaired) electrons. The number of hydrogen-bond acceptors (Lipinski definition) is 3. The van der Waals surface area contributed by atoms with Crippen LogP contribution in [0.15, 0.2) is 24.3 Å². The van der Waals surface area contributed by atoms with E-state index in [1.54, 1.807) is 18.2 Å². The minimum atomic E-state index is -0.267. The Bertz CT molecular complexity index is 746. The van der Waals surface area contributed by atoms with Gasteiger partial charge in [-0.25, -0.2) is 0 Å². The maximum absolute atomic E-state index is 12.2. The van der Waals surface area contributed by atoms with E-state index in [2.05, 4.69) is 20.8 Å². The van der Waals surface area contributed by atoms with Gasteiger partial charge in [0, 0.05) is 29.4 Å². The average molecular weight is 282 g/mol. The third kappa shape index (κ3) is 2.18. The summed E-state index contributed by atoms with van der Waals surface area (Å²) in [5, 5.41) is 12.5. The summed E-state index contributed by atoms with van der Waals surface area (Å²) in [5.74, 6) is 0.163.